The minimum absolute atomic E-state index is 0.0992. The molecule has 4 rings (SSSR count). The zero-order chi connectivity index (χ0) is 24.8. The normalized spacial score (nSPS) is 16.0. The molecule has 1 aliphatic heterocycles. The van der Waals surface area contributed by atoms with Gasteiger partial charge in [-0.15, -0.1) is 0 Å². The Bertz CT molecular complexity index is 1280. The van der Waals surface area contributed by atoms with Crippen LogP contribution in [0, 0.1) is 0 Å². The van der Waals surface area contributed by atoms with Crippen molar-refractivity contribution in [2.24, 2.45) is 4.99 Å². The van der Waals surface area contributed by atoms with E-state index in [1.54, 1.807) is 19.1 Å². The van der Waals surface area contributed by atoms with Gasteiger partial charge in [0.2, 0.25) is 5.91 Å². The topological polar surface area (TPSA) is 85.2 Å². The predicted molar refractivity (Wildman–Crippen MR) is 140 cm³/mol. The van der Waals surface area contributed by atoms with Gasteiger partial charge in [0.1, 0.15) is 12.3 Å². The summed E-state index contributed by atoms with van der Waals surface area (Å²) in [5.41, 5.74) is 2.54. The smallest absolute Gasteiger partial charge is 0.266 e. The fourth-order valence-corrected chi connectivity index (χ4v) is 4.69. The van der Waals surface area contributed by atoms with Gasteiger partial charge in [-0.1, -0.05) is 18.2 Å². The molecule has 0 radical (unpaired) electrons. The maximum absolute atomic E-state index is 13.0. The van der Waals surface area contributed by atoms with Crippen molar-refractivity contribution >= 4 is 51.4 Å². The quantitative estimate of drug-likeness (QED) is 0.360. The fourth-order valence-electron chi connectivity index (χ4n) is 3.71. The lowest BCUT2D eigenvalue weighted by Crippen LogP contribution is -2.30. The highest BCUT2D eigenvalue weighted by Gasteiger charge is 2.30. The Labute approximate surface area is 208 Å². The van der Waals surface area contributed by atoms with E-state index in [4.69, 9.17) is 9.47 Å². The molecule has 0 spiro atoms. The van der Waals surface area contributed by atoms with E-state index in [2.05, 4.69) is 10.3 Å². The molecule has 1 aliphatic rings. The Morgan fingerprint density at radius 2 is 1.94 bits per heavy atom. The molecule has 1 saturated heterocycles. The first-order valence-electron chi connectivity index (χ1n) is 11.3. The van der Waals surface area contributed by atoms with Crippen LogP contribution in [0.2, 0.25) is 0 Å². The van der Waals surface area contributed by atoms with Crippen LogP contribution in [0.5, 0.6) is 5.75 Å². The van der Waals surface area contributed by atoms with Gasteiger partial charge in [0.15, 0.2) is 5.17 Å². The third-order valence-electron chi connectivity index (χ3n) is 5.42. The Balaban J connectivity index is 1.58. The van der Waals surface area contributed by atoms with E-state index in [1.807, 2.05) is 72.3 Å². The zero-order valence-corrected chi connectivity index (χ0v) is 20.8. The van der Waals surface area contributed by atoms with Crippen LogP contribution in [0.25, 0.3) is 17.0 Å². The van der Waals surface area contributed by atoms with Crippen molar-refractivity contribution < 1.29 is 19.1 Å². The summed E-state index contributed by atoms with van der Waals surface area (Å²) < 4.78 is 12.4. The highest BCUT2D eigenvalue weighted by molar-refractivity contribution is 8.18. The number of methoxy groups -OCH3 is 1. The van der Waals surface area contributed by atoms with Crippen molar-refractivity contribution in [3.8, 4) is 5.75 Å². The number of aliphatic imine (C=N–C) groups is 1. The number of aromatic nitrogens is 1. The first kappa shape index (κ1) is 24.6. The molecule has 8 nitrogen and oxygen atoms in total. The number of hydrogen-bond acceptors (Lipinski definition) is 6. The van der Waals surface area contributed by atoms with Crippen LogP contribution in [0.1, 0.15) is 12.5 Å². The summed E-state index contributed by atoms with van der Waals surface area (Å²) >= 11 is 1.33. The molecule has 2 aromatic carbocycles. The second-order valence-corrected chi connectivity index (χ2v) is 8.88. The average molecular weight is 493 g/mol. The van der Waals surface area contributed by atoms with E-state index in [-0.39, 0.29) is 18.4 Å². The van der Waals surface area contributed by atoms with Crippen molar-refractivity contribution in [1.29, 1.82) is 0 Å². The minimum Gasteiger partial charge on any atom is -0.494 e. The van der Waals surface area contributed by atoms with Gasteiger partial charge < -0.3 is 19.4 Å². The molecule has 35 heavy (non-hydrogen) atoms. The SMILES string of the molecule is CCOc1ccc(N=C2S/C(=C\c3cn(CC(=O)NCCOC)c4ccccc34)C(=O)N2C)cc1. The highest BCUT2D eigenvalue weighted by Crippen LogP contribution is 2.35. The van der Waals surface area contributed by atoms with Crippen molar-refractivity contribution in [2.45, 2.75) is 13.5 Å². The summed E-state index contributed by atoms with van der Waals surface area (Å²) in [6.45, 7) is 3.64. The van der Waals surface area contributed by atoms with E-state index in [1.165, 1.54) is 11.8 Å². The maximum atomic E-state index is 13.0. The number of amidine groups is 1. The van der Waals surface area contributed by atoms with Gasteiger partial charge in [-0.2, -0.15) is 0 Å². The average Bonchev–Trinajstić information content (AvgIpc) is 3.33. The van der Waals surface area contributed by atoms with Crippen molar-refractivity contribution in [3.63, 3.8) is 0 Å². The lowest BCUT2D eigenvalue weighted by atomic mass is 10.1. The van der Waals surface area contributed by atoms with Crippen LogP contribution in [0.3, 0.4) is 0 Å². The monoisotopic (exact) mass is 492 g/mol. The number of rotatable bonds is 9. The summed E-state index contributed by atoms with van der Waals surface area (Å²) in [6.07, 6.45) is 3.77. The van der Waals surface area contributed by atoms with Gasteiger partial charge in [-0.3, -0.25) is 14.5 Å². The first-order chi connectivity index (χ1) is 17.0. The standard InChI is InChI=1S/C26H28N4O4S/c1-4-34-20-11-9-19(10-12-20)28-26-29(2)25(32)23(35-26)15-18-16-30(17-24(31)27-13-14-33-3)22-8-6-5-7-21(18)22/h5-12,15-16H,4,13-14,17H2,1-3H3,(H,27,31)/b23-15-,28-26?. The number of carbonyl (C=O) groups is 2. The molecule has 0 unspecified atom stereocenters. The van der Waals surface area contributed by atoms with Crippen LogP contribution in [-0.4, -0.2) is 60.4 Å². The first-order valence-corrected chi connectivity index (χ1v) is 12.1. The van der Waals surface area contributed by atoms with Crippen molar-refractivity contribution in [3.05, 3.63) is 65.2 Å². The molecule has 0 bridgehead atoms. The molecule has 2 heterocycles. The van der Waals surface area contributed by atoms with Gasteiger partial charge in [0, 0.05) is 43.4 Å². The molecule has 0 aliphatic carbocycles. The third-order valence-corrected chi connectivity index (χ3v) is 6.48. The van der Waals surface area contributed by atoms with E-state index in [9.17, 15) is 9.59 Å². The van der Waals surface area contributed by atoms with Gasteiger partial charge >= 0.3 is 0 Å². The van der Waals surface area contributed by atoms with Gasteiger partial charge in [-0.05, 0) is 55.1 Å². The van der Waals surface area contributed by atoms with Crippen LogP contribution in [-0.2, 0) is 20.9 Å². The third kappa shape index (κ3) is 5.75. The lowest BCUT2D eigenvalue weighted by molar-refractivity contribution is -0.122. The van der Waals surface area contributed by atoms with Crippen LogP contribution in [0.15, 0.2) is 64.6 Å². The van der Waals surface area contributed by atoms with Crippen LogP contribution in [0.4, 0.5) is 5.69 Å². The van der Waals surface area contributed by atoms with Crippen LogP contribution < -0.4 is 10.1 Å². The number of amides is 2. The zero-order valence-electron chi connectivity index (χ0n) is 20.0. The second-order valence-electron chi connectivity index (χ2n) is 7.87. The van der Waals surface area contributed by atoms with E-state index in [0.29, 0.717) is 29.8 Å². The van der Waals surface area contributed by atoms with Crippen molar-refractivity contribution in [1.82, 2.24) is 14.8 Å². The number of carbonyl (C=O) groups excluding carboxylic acids is 2. The summed E-state index contributed by atoms with van der Waals surface area (Å²) in [5, 5.41) is 4.42. The Morgan fingerprint density at radius 1 is 1.17 bits per heavy atom. The largest absolute Gasteiger partial charge is 0.494 e. The molecular formula is C26H28N4O4S. The molecule has 3 aromatic rings. The number of thioether (sulfide) groups is 1. The molecule has 0 atom stereocenters. The molecule has 2 amide bonds. The van der Waals surface area contributed by atoms with E-state index in [0.717, 1.165) is 27.9 Å². The molecule has 182 valence electrons. The molecule has 0 saturated carbocycles. The Kier molecular flexibility index (Phi) is 7.89. The Morgan fingerprint density at radius 3 is 2.69 bits per heavy atom. The summed E-state index contributed by atoms with van der Waals surface area (Å²) in [4.78, 5) is 32.1. The second kappa shape index (κ2) is 11.2. The van der Waals surface area contributed by atoms with Crippen LogP contribution >= 0.6 is 11.8 Å². The van der Waals surface area contributed by atoms with Gasteiger partial charge in [0.05, 0.1) is 23.8 Å². The number of hydrogen-bond donors (Lipinski definition) is 1. The molecule has 1 fully saturated rings. The number of fused-ring (bicyclic) bond motifs is 1. The number of nitrogens with one attached hydrogen (secondary N) is 1. The molecule has 1 aromatic heterocycles. The summed E-state index contributed by atoms with van der Waals surface area (Å²) in [7, 11) is 3.32. The van der Waals surface area contributed by atoms with Crippen molar-refractivity contribution in [2.75, 3.05) is 33.9 Å². The number of benzene rings is 2. The number of para-hydroxylation sites is 1. The number of ether oxygens (including phenoxy) is 2. The van der Waals surface area contributed by atoms with Gasteiger partial charge in [-0.25, -0.2) is 4.99 Å². The number of nitrogens with zero attached hydrogens (tertiary/aromatic N) is 3. The molecule has 1 N–H and O–H groups in total. The predicted octanol–water partition coefficient (Wildman–Crippen LogP) is 4.04. The lowest BCUT2D eigenvalue weighted by Gasteiger charge is -2.07. The molecule has 9 heteroatoms. The van der Waals surface area contributed by atoms with E-state index >= 15 is 0 Å². The number of likely N-dealkylation sites (N-methyl/N-ethyl adjacent to an activating group) is 1. The maximum Gasteiger partial charge on any atom is 0.266 e. The molecular weight excluding hydrogens is 464 g/mol. The highest BCUT2D eigenvalue weighted by atomic mass is 32.2. The summed E-state index contributed by atoms with van der Waals surface area (Å²) in [6, 6.07) is 15.3. The minimum atomic E-state index is -0.117. The van der Waals surface area contributed by atoms with E-state index < -0.39 is 0 Å². The van der Waals surface area contributed by atoms with Gasteiger partial charge in [0.25, 0.3) is 5.91 Å². The fraction of sp³-hybridized carbons (Fsp3) is 0.269. The summed E-state index contributed by atoms with van der Waals surface area (Å²) in [5.74, 6) is 0.566. The Hall–Kier alpha value is -3.56.